The lowest BCUT2D eigenvalue weighted by Gasteiger charge is -2.15. The van der Waals surface area contributed by atoms with Gasteiger partial charge in [0, 0.05) is 29.8 Å². The first kappa shape index (κ1) is 20.8. The smallest absolute Gasteiger partial charge is 0.319 e. The molecule has 0 radical (unpaired) electrons. The van der Waals surface area contributed by atoms with Crippen molar-refractivity contribution in [2.45, 2.75) is 24.3 Å². The minimum atomic E-state index is -3.49. The second-order valence-electron chi connectivity index (χ2n) is 6.97. The van der Waals surface area contributed by atoms with Crippen LogP contribution in [0.3, 0.4) is 0 Å². The molecule has 1 saturated heterocycles. The maximum Gasteiger partial charge on any atom is 0.319 e. The van der Waals surface area contributed by atoms with Crippen LogP contribution in [0.1, 0.15) is 12.8 Å². The molecule has 30 heavy (non-hydrogen) atoms. The highest BCUT2D eigenvalue weighted by Gasteiger charge is 2.27. The normalized spacial score (nSPS) is 14.8. The molecule has 4 rings (SSSR count). The van der Waals surface area contributed by atoms with E-state index in [1.54, 1.807) is 35.0 Å². The van der Waals surface area contributed by atoms with Gasteiger partial charge in [-0.25, -0.2) is 17.9 Å². The van der Waals surface area contributed by atoms with Crippen LogP contribution in [0.4, 0.5) is 10.5 Å². The monoisotopic (exact) mass is 492 g/mol. The fourth-order valence-corrected chi connectivity index (χ4v) is 5.31. The van der Waals surface area contributed by atoms with Gasteiger partial charge in [0.05, 0.1) is 17.0 Å². The molecular formula is C19H21BrN6O3S. The zero-order chi connectivity index (χ0) is 21.1. The maximum absolute atomic E-state index is 12.7. The Morgan fingerprint density at radius 1 is 1.13 bits per heavy atom. The lowest BCUT2D eigenvalue weighted by atomic mass is 10.3. The zero-order valence-electron chi connectivity index (χ0n) is 16.1. The summed E-state index contributed by atoms with van der Waals surface area (Å²) in [5.41, 5.74) is 1.90. The van der Waals surface area contributed by atoms with Gasteiger partial charge in [-0.2, -0.15) is 4.31 Å². The van der Waals surface area contributed by atoms with Crippen molar-refractivity contribution < 1.29 is 13.2 Å². The van der Waals surface area contributed by atoms with Gasteiger partial charge in [0.25, 0.3) is 0 Å². The molecule has 2 N–H and O–H groups in total. The van der Waals surface area contributed by atoms with E-state index in [4.69, 9.17) is 0 Å². The number of carbonyl (C=O) groups excluding carboxylic acids is 1. The van der Waals surface area contributed by atoms with Crippen molar-refractivity contribution in [2.75, 3.05) is 25.0 Å². The van der Waals surface area contributed by atoms with Gasteiger partial charge >= 0.3 is 6.03 Å². The van der Waals surface area contributed by atoms with Crippen LogP contribution in [-0.2, 0) is 16.6 Å². The predicted octanol–water partition coefficient (Wildman–Crippen LogP) is 2.80. The van der Waals surface area contributed by atoms with Crippen LogP contribution in [0.25, 0.3) is 11.0 Å². The second kappa shape index (κ2) is 8.70. The lowest BCUT2D eigenvalue weighted by Crippen LogP contribution is -2.31. The van der Waals surface area contributed by atoms with Gasteiger partial charge in [-0.3, -0.25) is 0 Å². The molecular weight excluding hydrogens is 472 g/mol. The van der Waals surface area contributed by atoms with E-state index in [1.165, 1.54) is 4.31 Å². The van der Waals surface area contributed by atoms with Crippen molar-refractivity contribution in [1.82, 2.24) is 24.6 Å². The number of fused-ring (bicyclic) bond motifs is 1. The molecule has 1 aliphatic heterocycles. The molecule has 0 saturated carbocycles. The number of amides is 2. The average Bonchev–Trinajstić information content (AvgIpc) is 3.38. The quantitative estimate of drug-likeness (QED) is 0.549. The van der Waals surface area contributed by atoms with Crippen LogP contribution in [0.2, 0.25) is 0 Å². The third-order valence-corrected chi connectivity index (χ3v) is 7.27. The van der Waals surface area contributed by atoms with Gasteiger partial charge in [0.15, 0.2) is 0 Å². The number of aromatic nitrogens is 3. The summed E-state index contributed by atoms with van der Waals surface area (Å²) in [6.07, 6.45) is 1.78. The highest BCUT2D eigenvalue weighted by molar-refractivity contribution is 9.10. The summed E-state index contributed by atoms with van der Waals surface area (Å²) in [6, 6.07) is 11.8. The largest absolute Gasteiger partial charge is 0.336 e. The Morgan fingerprint density at radius 3 is 2.70 bits per heavy atom. The summed E-state index contributed by atoms with van der Waals surface area (Å²) in [6.45, 7) is 1.86. The van der Waals surface area contributed by atoms with Gasteiger partial charge in [0.2, 0.25) is 10.0 Å². The first-order valence-electron chi connectivity index (χ1n) is 9.57. The van der Waals surface area contributed by atoms with Crippen LogP contribution < -0.4 is 10.6 Å². The first-order valence-corrected chi connectivity index (χ1v) is 11.8. The minimum absolute atomic E-state index is 0.232. The molecule has 2 heterocycles. The Bertz CT molecular complexity index is 1170. The second-order valence-corrected chi connectivity index (χ2v) is 9.82. The summed E-state index contributed by atoms with van der Waals surface area (Å²) in [5, 5.41) is 13.7. The molecule has 0 unspecified atom stereocenters. The van der Waals surface area contributed by atoms with Crippen LogP contribution in [0, 0.1) is 0 Å². The number of hydrogen-bond acceptors (Lipinski definition) is 5. The Kier molecular flexibility index (Phi) is 6.02. The van der Waals surface area contributed by atoms with Crippen LogP contribution >= 0.6 is 15.9 Å². The third-order valence-electron chi connectivity index (χ3n) is 4.88. The van der Waals surface area contributed by atoms with E-state index in [-0.39, 0.29) is 10.9 Å². The Labute approximate surface area is 182 Å². The number of rotatable bonds is 6. The van der Waals surface area contributed by atoms with Crippen LogP contribution in [0.15, 0.2) is 51.8 Å². The summed E-state index contributed by atoms with van der Waals surface area (Å²) in [7, 11) is -3.49. The van der Waals surface area contributed by atoms with Crippen molar-refractivity contribution in [3.05, 3.63) is 46.9 Å². The average molecular weight is 493 g/mol. The van der Waals surface area contributed by atoms with Crippen LogP contribution in [-0.4, -0.2) is 53.4 Å². The van der Waals surface area contributed by atoms with E-state index in [1.807, 2.05) is 12.1 Å². The predicted molar refractivity (Wildman–Crippen MR) is 117 cm³/mol. The summed E-state index contributed by atoms with van der Waals surface area (Å²) in [4.78, 5) is 12.3. The molecule has 11 heteroatoms. The Morgan fingerprint density at radius 2 is 1.93 bits per heavy atom. The molecule has 3 aromatic rings. The Hall–Kier alpha value is -2.50. The molecule has 0 bridgehead atoms. The molecule has 2 aromatic carbocycles. The van der Waals surface area contributed by atoms with Gasteiger partial charge in [-0.1, -0.05) is 27.2 Å². The number of hydrogen-bond donors (Lipinski definition) is 2. The lowest BCUT2D eigenvalue weighted by molar-refractivity contribution is 0.251. The molecule has 158 valence electrons. The topological polar surface area (TPSA) is 109 Å². The number of anilines is 1. The summed E-state index contributed by atoms with van der Waals surface area (Å²) >= 11 is 3.36. The molecule has 1 fully saturated rings. The molecule has 0 atom stereocenters. The molecule has 2 amide bonds. The number of urea groups is 1. The zero-order valence-corrected chi connectivity index (χ0v) is 18.5. The number of carbonyl (C=O) groups is 1. The van der Waals surface area contributed by atoms with Gasteiger partial charge in [-0.05, 0) is 49.2 Å². The first-order chi connectivity index (χ1) is 14.4. The van der Waals surface area contributed by atoms with Gasteiger partial charge in [-0.15, -0.1) is 5.10 Å². The van der Waals surface area contributed by atoms with E-state index >= 15 is 0 Å². The molecule has 0 aliphatic carbocycles. The van der Waals surface area contributed by atoms with Crippen molar-refractivity contribution in [3.63, 3.8) is 0 Å². The van der Waals surface area contributed by atoms with E-state index in [0.717, 1.165) is 17.3 Å². The molecule has 1 aromatic heterocycles. The van der Waals surface area contributed by atoms with Crippen LogP contribution in [0.5, 0.6) is 0 Å². The number of sulfonamides is 1. The summed E-state index contributed by atoms with van der Waals surface area (Å²) < 4.78 is 29.5. The van der Waals surface area contributed by atoms with Crippen molar-refractivity contribution in [1.29, 1.82) is 0 Å². The van der Waals surface area contributed by atoms with E-state index in [0.29, 0.717) is 42.9 Å². The number of nitrogens with zero attached hydrogens (tertiary/aromatic N) is 4. The number of benzene rings is 2. The van der Waals surface area contributed by atoms with Crippen molar-refractivity contribution >= 4 is 48.7 Å². The fraction of sp³-hybridized carbons (Fsp3) is 0.316. The van der Waals surface area contributed by atoms with E-state index in [9.17, 15) is 13.2 Å². The highest BCUT2D eigenvalue weighted by atomic mass is 79.9. The molecule has 9 nitrogen and oxygen atoms in total. The minimum Gasteiger partial charge on any atom is -0.336 e. The fourth-order valence-electron chi connectivity index (χ4n) is 3.37. The third kappa shape index (κ3) is 4.47. The van der Waals surface area contributed by atoms with E-state index in [2.05, 4.69) is 36.9 Å². The summed E-state index contributed by atoms with van der Waals surface area (Å²) in [5.74, 6) is 0. The SMILES string of the molecule is O=C(NCCn1nnc2cc(S(=O)(=O)N3CCCC3)ccc21)Nc1cccc(Br)c1. The standard InChI is InChI=1S/C19H21BrN6O3S/c20-14-4-3-5-15(12-14)22-19(27)21-8-11-26-18-7-6-16(13-17(18)23-24-26)30(28,29)25-9-1-2-10-25/h3-7,12-13H,1-2,8-11H2,(H2,21,22,27). The Balaban J connectivity index is 1.38. The van der Waals surface area contributed by atoms with E-state index < -0.39 is 10.0 Å². The van der Waals surface area contributed by atoms with Crippen molar-refractivity contribution in [2.24, 2.45) is 0 Å². The maximum atomic E-state index is 12.7. The molecule has 1 aliphatic rings. The van der Waals surface area contributed by atoms with Crippen molar-refractivity contribution in [3.8, 4) is 0 Å². The highest BCUT2D eigenvalue weighted by Crippen LogP contribution is 2.23. The van der Waals surface area contributed by atoms with Gasteiger partial charge in [0.1, 0.15) is 5.52 Å². The number of halogens is 1. The molecule has 0 spiro atoms. The van der Waals surface area contributed by atoms with Gasteiger partial charge < -0.3 is 10.6 Å². The number of nitrogens with one attached hydrogen (secondary N) is 2.